The Bertz CT molecular complexity index is 1250. The Morgan fingerprint density at radius 1 is 0.972 bits per heavy atom. The maximum atomic E-state index is 13.7. The molecule has 8 heteroatoms. The first-order valence-electron chi connectivity index (χ1n) is 12.3. The highest BCUT2D eigenvalue weighted by molar-refractivity contribution is 7.10. The van der Waals surface area contributed by atoms with Gasteiger partial charge in [-0.3, -0.25) is 4.79 Å². The summed E-state index contributed by atoms with van der Waals surface area (Å²) in [6.45, 7) is 5.76. The van der Waals surface area contributed by atoms with Gasteiger partial charge in [0.05, 0.1) is 6.54 Å². The van der Waals surface area contributed by atoms with E-state index in [-0.39, 0.29) is 25.3 Å². The Morgan fingerprint density at radius 2 is 1.78 bits per heavy atom. The molecule has 1 aromatic heterocycles. The van der Waals surface area contributed by atoms with Crippen molar-refractivity contribution in [2.75, 3.05) is 25.2 Å². The van der Waals surface area contributed by atoms with E-state index in [4.69, 9.17) is 9.47 Å². The van der Waals surface area contributed by atoms with Gasteiger partial charge in [0.25, 0.3) is 0 Å². The number of thiophene rings is 1. The molecule has 3 aromatic rings. The number of rotatable bonds is 9. The van der Waals surface area contributed by atoms with Crippen molar-refractivity contribution in [1.82, 2.24) is 9.80 Å². The number of aryl methyl sites for hydroxylation is 2. The van der Waals surface area contributed by atoms with E-state index in [1.54, 1.807) is 16.2 Å². The zero-order chi connectivity index (χ0) is 25.1. The van der Waals surface area contributed by atoms with Crippen LogP contribution in [0.3, 0.4) is 0 Å². The van der Waals surface area contributed by atoms with E-state index in [2.05, 4.69) is 18.3 Å². The predicted molar refractivity (Wildman–Crippen MR) is 140 cm³/mol. The lowest BCUT2D eigenvalue weighted by Gasteiger charge is -2.28. The number of anilines is 1. The highest BCUT2D eigenvalue weighted by Gasteiger charge is 2.30. The Kier molecular flexibility index (Phi) is 7.13. The van der Waals surface area contributed by atoms with Gasteiger partial charge in [-0.15, -0.1) is 11.3 Å². The average Bonchev–Trinajstić information content (AvgIpc) is 3.40. The number of fused-ring (bicyclic) bond motifs is 1. The van der Waals surface area contributed by atoms with E-state index in [0.717, 1.165) is 40.1 Å². The Hall–Kier alpha value is -3.52. The van der Waals surface area contributed by atoms with Gasteiger partial charge in [0.2, 0.25) is 12.7 Å². The van der Waals surface area contributed by atoms with E-state index < -0.39 is 0 Å². The van der Waals surface area contributed by atoms with Crippen LogP contribution in [0.15, 0.2) is 53.9 Å². The molecule has 0 unspecified atom stereocenters. The third-order valence-corrected chi connectivity index (χ3v) is 7.65. The van der Waals surface area contributed by atoms with E-state index in [1.807, 2.05) is 59.7 Å². The molecule has 0 bridgehead atoms. The van der Waals surface area contributed by atoms with Crippen LogP contribution in [0, 0.1) is 19.8 Å². The zero-order valence-electron chi connectivity index (χ0n) is 20.7. The zero-order valence-corrected chi connectivity index (χ0v) is 21.5. The number of hydrogen-bond donors (Lipinski definition) is 1. The topological polar surface area (TPSA) is 71.1 Å². The van der Waals surface area contributed by atoms with Gasteiger partial charge < -0.3 is 24.6 Å². The fourth-order valence-electron chi connectivity index (χ4n) is 4.23. The minimum Gasteiger partial charge on any atom is -0.454 e. The molecule has 1 aliphatic carbocycles. The van der Waals surface area contributed by atoms with Crippen molar-refractivity contribution < 1.29 is 19.1 Å². The molecule has 3 amide bonds. The summed E-state index contributed by atoms with van der Waals surface area (Å²) in [5.41, 5.74) is 3.87. The minimum absolute atomic E-state index is 0.0309. The highest BCUT2D eigenvalue weighted by Crippen LogP contribution is 2.33. The van der Waals surface area contributed by atoms with Crippen molar-refractivity contribution in [2.45, 2.75) is 39.8 Å². The standard InChI is InChI=1S/C28H31N3O4S/c1-19-5-3-4-6-23(19)29-28(33)31(14-21-7-8-21)17-27(32)30(16-26-20(2)11-12-36-26)15-22-9-10-24-25(13-22)35-18-34-24/h3-6,9-13,21H,7-8,14-18H2,1-2H3,(H,29,33). The first kappa shape index (κ1) is 24.2. The van der Waals surface area contributed by atoms with E-state index in [0.29, 0.717) is 37.1 Å². The number of amides is 3. The third kappa shape index (κ3) is 5.82. The molecule has 2 aromatic carbocycles. The van der Waals surface area contributed by atoms with Crippen molar-refractivity contribution in [2.24, 2.45) is 5.92 Å². The Balaban J connectivity index is 1.34. The molecule has 7 nitrogen and oxygen atoms in total. The van der Waals surface area contributed by atoms with Crippen molar-refractivity contribution in [3.63, 3.8) is 0 Å². The molecule has 1 N–H and O–H groups in total. The lowest BCUT2D eigenvalue weighted by Crippen LogP contribution is -2.45. The van der Waals surface area contributed by atoms with Crippen LogP contribution in [0.5, 0.6) is 11.5 Å². The summed E-state index contributed by atoms with van der Waals surface area (Å²) < 4.78 is 11.0. The summed E-state index contributed by atoms with van der Waals surface area (Å²) >= 11 is 1.64. The quantitative estimate of drug-likeness (QED) is 0.413. The second-order valence-corrected chi connectivity index (χ2v) is 10.5. The second-order valence-electron chi connectivity index (χ2n) is 9.53. The number of ether oxygens (including phenoxy) is 2. The molecule has 5 rings (SSSR count). The van der Waals surface area contributed by atoms with Gasteiger partial charge in [0, 0.05) is 23.7 Å². The lowest BCUT2D eigenvalue weighted by atomic mass is 10.1. The number of benzene rings is 2. The molecular weight excluding hydrogens is 474 g/mol. The number of nitrogens with one attached hydrogen (secondary N) is 1. The fourth-order valence-corrected chi connectivity index (χ4v) is 5.15. The van der Waals surface area contributed by atoms with Gasteiger partial charge in [-0.1, -0.05) is 24.3 Å². The molecule has 0 radical (unpaired) electrons. The minimum atomic E-state index is -0.236. The summed E-state index contributed by atoms with van der Waals surface area (Å²) in [4.78, 5) is 31.6. The van der Waals surface area contributed by atoms with Crippen LogP contribution >= 0.6 is 11.3 Å². The van der Waals surface area contributed by atoms with Crippen molar-refractivity contribution in [1.29, 1.82) is 0 Å². The monoisotopic (exact) mass is 505 g/mol. The number of para-hydroxylation sites is 1. The smallest absolute Gasteiger partial charge is 0.322 e. The van der Waals surface area contributed by atoms with Gasteiger partial charge in [0.1, 0.15) is 6.54 Å². The normalized spacial score (nSPS) is 13.9. The molecule has 2 heterocycles. The van der Waals surface area contributed by atoms with Crippen molar-refractivity contribution >= 4 is 29.0 Å². The van der Waals surface area contributed by atoms with E-state index in [9.17, 15) is 9.59 Å². The summed E-state index contributed by atoms with van der Waals surface area (Å²) in [5.74, 6) is 1.79. The van der Waals surface area contributed by atoms with Gasteiger partial charge in [-0.05, 0) is 78.9 Å². The van der Waals surface area contributed by atoms with Crippen LogP contribution in [-0.2, 0) is 17.9 Å². The molecule has 0 spiro atoms. The van der Waals surface area contributed by atoms with Crippen LogP contribution in [0.2, 0.25) is 0 Å². The molecule has 36 heavy (non-hydrogen) atoms. The number of carbonyl (C=O) groups is 2. The second kappa shape index (κ2) is 10.6. The SMILES string of the molecule is Cc1ccccc1NC(=O)N(CC(=O)N(Cc1ccc2c(c1)OCO2)Cc1sccc1C)CC1CC1. The number of urea groups is 1. The number of carbonyl (C=O) groups excluding carboxylic acids is 2. The molecule has 1 aliphatic heterocycles. The maximum Gasteiger partial charge on any atom is 0.322 e. The fraction of sp³-hybridized carbons (Fsp3) is 0.357. The van der Waals surface area contributed by atoms with Gasteiger partial charge in [-0.2, -0.15) is 0 Å². The summed E-state index contributed by atoms with van der Waals surface area (Å²) in [6, 6.07) is 15.3. The average molecular weight is 506 g/mol. The first-order valence-corrected chi connectivity index (χ1v) is 13.1. The van der Waals surface area contributed by atoms with Gasteiger partial charge >= 0.3 is 6.03 Å². The molecule has 2 aliphatic rings. The Labute approximate surface area is 215 Å². The van der Waals surface area contributed by atoms with Crippen LogP contribution in [0.4, 0.5) is 10.5 Å². The largest absolute Gasteiger partial charge is 0.454 e. The molecule has 1 saturated carbocycles. The molecule has 0 atom stereocenters. The Morgan fingerprint density at radius 3 is 2.53 bits per heavy atom. The van der Waals surface area contributed by atoms with Crippen LogP contribution in [0.1, 0.15) is 34.4 Å². The van der Waals surface area contributed by atoms with Gasteiger partial charge in [0.15, 0.2) is 11.5 Å². The van der Waals surface area contributed by atoms with Gasteiger partial charge in [-0.25, -0.2) is 4.79 Å². The lowest BCUT2D eigenvalue weighted by molar-refractivity contribution is -0.133. The summed E-state index contributed by atoms with van der Waals surface area (Å²) in [7, 11) is 0. The van der Waals surface area contributed by atoms with Crippen LogP contribution in [0.25, 0.3) is 0 Å². The van der Waals surface area contributed by atoms with Crippen molar-refractivity contribution in [3.05, 3.63) is 75.5 Å². The predicted octanol–water partition coefficient (Wildman–Crippen LogP) is 5.57. The van der Waals surface area contributed by atoms with E-state index in [1.165, 1.54) is 0 Å². The first-order chi connectivity index (χ1) is 17.5. The third-order valence-electron chi connectivity index (χ3n) is 6.64. The molecule has 188 valence electrons. The van der Waals surface area contributed by atoms with Crippen LogP contribution < -0.4 is 14.8 Å². The van der Waals surface area contributed by atoms with E-state index >= 15 is 0 Å². The maximum absolute atomic E-state index is 13.7. The van der Waals surface area contributed by atoms with Crippen molar-refractivity contribution in [3.8, 4) is 11.5 Å². The molecule has 0 saturated heterocycles. The molecular formula is C28H31N3O4S. The van der Waals surface area contributed by atoms with Crippen LogP contribution in [-0.4, -0.2) is 41.6 Å². The summed E-state index contributed by atoms with van der Waals surface area (Å²) in [6.07, 6.45) is 2.19. The number of nitrogens with zero attached hydrogens (tertiary/aromatic N) is 2. The highest BCUT2D eigenvalue weighted by atomic mass is 32.1. The summed E-state index contributed by atoms with van der Waals surface area (Å²) in [5, 5.41) is 5.05. The molecule has 1 fully saturated rings. The number of hydrogen-bond acceptors (Lipinski definition) is 5.